The van der Waals surface area contributed by atoms with Crippen LogP contribution in [-0.2, 0) is 40.4 Å². The Kier molecular flexibility index (Phi) is 14.5. The Labute approximate surface area is 345 Å². The molecule has 3 aromatic carbocycles. The normalized spacial score (nSPS) is 13.7. The van der Waals surface area contributed by atoms with Crippen molar-refractivity contribution in [3.8, 4) is 0 Å². The fourth-order valence-corrected chi connectivity index (χ4v) is 6.50. The Balaban J connectivity index is 1.52. The van der Waals surface area contributed by atoms with Gasteiger partial charge in [-0.25, -0.2) is 19.4 Å². The third-order valence-electron chi connectivity index (χ3n) is 8.17. The van der Waals surface area contributed by atoms with Gasteiger partial charge >= 0.3 is 18.2 Å². The SMILES string of the molecule is C[n+]1cc2cc(C(NC(=O)OC(C)(C)C)C(COC(c3ccccc3)c3ccccc3)OC(CC=O)ON=C(C(=O)O)c3csc(NC(=O)OC(C)(C)C)n3)ccc2[nH]1. The second kappa shape index (κ2) is 19.5. The second-order valence-corrected chi connectivity index (χ2v) is 16.2. The Hall–Kier alpha value is -6.17. The molecule has 0 bridgehead atoms. The predicted octanol–water partition coefficient (Wildman–Crippen LogP) is 6.97. The number of hydrogen-bond donors (Lipinski definition) is 4. The number of rotatable bonds is 17. The summed E-state index contributed by atoms with van der Waals surface area (Å²) in [5.41, 5.74) is 0.719. The Bertz CT molecular complexity index is 2190. The number of aryl methyl sites for hydroxylation is 1. The molecule has 5 rings (SSSR count). The molecule has 0 saturated heterocycles. The number of aromatic nitrogens is 3. The maximum absolute atomic E-state index is 13.5. The van der Waals surface area contributed by atoms with Gasteiger partial charge in [-0.1, -0.05) is 71.9 Å². The minimum absolute atomic E-state index is 0.0523. The zero-order valence-corrected chi connectivity index (χ0v) is 34.6. The summed E-state index contributed by atoms with van der Waals surface area (Å²) in [6, 6.07) is 23.6. The van der Waals surface area contributed by atoms with Crippen molar-refractivity contribution in [1.82, 2.24) is 15.4 Å². The van der Waals surface area contributed by atoms with Gasteiger partial charge in [0.15, 0.2) is 12.2 Å². The second-order valence-electron chi connectivity index (χ2n) is 15.4. The molecule has 3 atom stereocenters. The minimum atomic E-state index is -1.50. The van der Waals surface area contributed by atoms with Crippen molar-refractivity contribution in [1.29, 1.82) is 0 Å². The number of carboxylic acids is 1. The minimum Gasteiger partial charge on any atom is -0.476 e. The number of nitrogens with zero attached hydrogens (tertiary/aromatic N) is 3. The number of fused-ring (bicyclic) bond motifs is 1. The van der Waals surface area contributed by atoms with Crippen molar-refractivity contribution in [2.45, 2.75) is 83.7 Å². The summed E-state index contributed by atoms with van der Waals surface area (Å²) in [5.74, 6) is -1.50. The first-order valence-corrected chi connectivity index (χ1v) is 19.6. The predicted molar refractivity (Wildman–Crippen MR) is 219 cm³/mol. The molecule has 3 unspecified atom stereocenters. The molecular formula is C42H49N6O10S+. The Morgan fingerprint density at radius 2 is 1.54 bits per heavy atom. The molecule has 0 spiro atoms. The first-order chi connectivity index (χ1) is 28.0. The summed E-state index contributed by atoms with van der Waals surface area (Å²) < 4.78 is 25.9. The lowest BCUT2D eigenvalue weighted by atomic mass is 9.99. The van der Waals surface area contributed by atoms with Crippen LogP contribution < -0.4 is 15.3 Å². The van der Waals surface area contributed by atoms with Crippen LogP contribution in [-0.4, -0.2) is 75.5 Å². The van der Waals surface area contributed by atoms with Gasteiger partial charge in [-0.2, -0.15) is 5.10 Å². The van der Waals surface area contributed by atoms with E-state index in [9.17, 15) is 24.3 Å². The number of H-pyrrole nitrogens is 1. The number of nitrogens with one attached hydrogen (secondary N) is 3. The number of carbonyl (C=O) groups is 4. The van der Waals surface area contributed by atoms with E-state index in [-0.39, 0.29) is 17.4 Å². The number of hydrogen-bond acceptors (Lipinski definition) is 12. The molecular weight excluding hydrogens is 781 g/mol. The number of thiazole rings is 1. The van der Waals surface area contributed by atoms with Gasteiger partial charge in [-0.15, -0.1) is 16.0 Å². The van der Waals surface area contributed by atoms with Crippen molar-refractivity contribution >= 4 is 57.5 Å². The molecule has 2 heterocycles. The van der Waals surface area contributed by atoms with Crippen molar-refractivity contribution in [2.24, 2.45) is 12.2 Å². The van der Waals surface area contributed by atoms with Crippen LogP contribution in [0, 0.1) is 0 Å². The van der Waals surface area contributed by atoms with Gasteiger partial charge in [0.05, 0.1) is 24.5 Å². The molecule has 16 nitrogen and oxygen atoms in total. The molecule has 0 fully saturated rings. The largest absolute Gasteiger partial charge is 0.476 e. The summed E-state index contributed by atoms with van der Waals surface area (Å²) in [6.45, 7) is 10.1. The summed E-state index contributed by atoms with van der Waals surface area (Å²) in [5, 5.41) is 24.9. The fraction of sp³-hybridized carbons (Fsp3) is 0.357. The van der Waals surface area contributed by atoms with Crippen molar-refractivity contribution < 1.29 is 52.8 Å². The third-order valence-corrected chi connectivity index (χ3v) is 8.93. The maximum Gasteiger partial charge on any atom is 0.413 e. The molecule has 2 amide bonds. The molecule has 5 aromatic rings. The molecule has 0 radical (unpaired) electrons. The number of aldehydes is 1. The van der Waals surface area contributed by atoms with Gasteiger partial charge in [0.2, 0.25) is 18.2 Å². The van der Waals surface area contributed by atoms with Crippen LogP contribution in [0.4, 0.5) is 14.7 Å². The first kappa shape index (κ1) is 43.9. The van der Waals surface area contributed by atoms with E-state index in [1.165, 1.54) is 5.38 Å². The maximum atomic E-state index is 13.5. The summed E-state index contributed by atoms with van der Waals surface area (Å²) in [6.07, 6.45) is -2.72. The van der Waals surface area contributed by atoms with Gasteiger partial charge < -0.3 is 39.0 Å². The molecule has 2 aromatic heterocycles. The number of ether oxygens (including phenoxy) is 4. The van der Waals surface area contributed by atoms with E-state index in [1.807, 2.05) is 92.1 Å². The zero-order chi connectivity index (χ0) is 42.7. The Morgan fingerprint density at radius 1 is 0.915 bits per heavy atom. The lowest BCUT2D eigenvalue weighted by Gasteiger charge is -2.32. The zero-order valence-electron chi connectivity index (χ0n) is 33.8. The van der Waals surface area contributed by atoms with Crippen LogP contribution in [0.5, 0.6) is 0 Å². The van der Waals surface area contributed by atoms with Crippen LogP contribution >= 0.6 is 11.3 Å². The highest BCUT2D eigenvalue weighted by Crippen LogP contribution is 2.31. The number of carboxylic acid groups (broad SMARTS) is 1. The molecule has 312 valence electrons. The van der Waals surface area contributed by atoms with Crippen molar-refractivity contribution in [3.05, 3.63) is 113 Å². The van der Waals surface area contributed by atoms with Gasteiger partial charge in [0.1, 0.15) is 40.9 Å². The number of amides is 2. The fourth-order valence-electron chi connectivity index (χ4n) is 5.82. The van der Waals surface area contributed by atoms with E-state index < -0.39 is 66.0 Å². The number of aliphatic carboxylic acids is 1. The lowest BCUT2D eigenvalue weighted by molar-refractivity contribution is -0.724. The van der Waals surface area contributed by atoms with E-state index in [0.29, 0.717) is 11.8 Å². The first-order valence-electron chi connectivity index (χ1n) is 18.7. The number of alkyl carbamates (subject to hydrolysis) is 1. The van der Waals surface area contributed by atoms with Gasteiger partial charge in [0.25, 0.3) is 0 Å². The molecule has 17 heteroatoms. The highest BCUT2D eigenvalue weighted by Gasteiger charge is 2.33. The average Bonchev–Trinajstić information content (AvgIpc) is 3.77. The average molecular weight is 830 g/mol. The quantitative estimate of drug-likeness (QED) is 0.0248. The van der Waals surface area contributed by atoms with Gasteiger partial charge in [-0.05, 0) is 70.4 Å². The van der Waals surface area contributed by atoms with Crippen LogP contribution in [0.15, 0.2) is 95.6 Å². The smallest absolute Gasteiger partial charge is 0.413 e. The van der Waals surface area contributed by atoms with Crippen molar-refractivity contribution in [3.63, 3.8) is 0 Å². The van der Waals surface area contributed by atoms with Crippen LogP contribution in [0.3, 0.4) is 0 Å². The standard InChI is InChI=1S/C42H48N6O10S/c1-41(2,3)56-39(52)44-34(28-18-19-30-29(22-28)23-48(7)46-30)32(24-54-36(26-14-10-8-11-15-26)27-16-12-9-13-17-27)55-33(20-21-49)58-47-35(37(50)51)31-25-59-38(43-31)45-40(53)57-42(4,5)6/h8-19,21-23,25,32-34,36H,20,24H2,1-7H3,(H3,43,44,45,50,51,52,53)/p+1. The van der Waals surface area contributed by atoms with Crippen molar-refractivity contribution in [2.75, 3.05) is 11.9 Å². The molecule has 0 aliphatic heterocycles. The van der Waals surface area contributed by atoms with E-state index in [4.69, 9.17) is 23.8 Å². The summed E-state index contributed by atoms with van der Waals surface area (Å²) >= 11 is 0.941. The number of anilines is 1. The van der Waals surface area contributed by atoms with Gasteiger partial charge in [-0.3, -0.25) is 5.32 Å². The van der Waals surface area contributed by atoms with E-state index in [1.54, 1.807) is 46.2 Å². The highest BCUT2D eigenvalue weighted by molar-refractivity contribution is 7.14. The number of oxime groups is 1. The molecule has 59 heavy (non-hydrogen) atoms. The number of carbonyl (C=O) groups excluding carboxylic acids is 3. The Morgan fingerprint density at radius 3 is 2.14 bits per heavy atom. The molecule has 4 N–H and O–H groups in total. The summed E-state index contributed by atoms with van der Waals surface area (Å²) in [7, 11) is 1.85. The van der Waals surface area contributed by atoms with Crippen LogP contribution in [0.2, 0.25) is 0 Å². The molecule has 0 aliphatic carbocycles. The molecule has 0 saturated carbocycles. The van der Waals surface area contributed by atoms with E-state index in [0.717, 1.165) is 33.4 Å². The molecule has 0 aliphatic rings. The summed E-state index contributed by atoms with van der Waals surface area (Å²) in [4.78, 5) is 60.2. The van der Waals surface area contributed by atoms with Crippen LogP contribution in [0.25, 0.3) is 10.9 Å². The van der Waals surface area contributed by atoms with E-state index in [2.05, 4.69) is 25.9 Å². The monoisotopic (exact) mass is 829 g/mol. The highest BCUT2D eigenvalue weighted by atomic mass is 32.1. The van der Waals surface area contributed by atoms with Crippen LogP contribution in [0.1, 0.15) is 82.5 Å². The van der Waals surface area contributed by atoms with Gasteiger partial charge in [0, 0.05) is 5.38 Å². The number of aromatic amines is 1. The number of benzene rings is 3. The van der Waals surface area contributed by atoms with E-state index >= 15 is 0 Å². The topological polar surface area (TPSA) is 204 Å². The lowest BCUT2D eigenvalue weighted by Crippen LogP contribution is -2.44. The third kappa shape index (κ3) is 13.2.